The van der Waals surface area contributed by atoms with Crippen LogP contribution in [0.25, 0.3) is 22.2 Å². The van der Waals surface area contributed by atoms with E-state index < -0.39 is 0 Å². The van der Waals surface area contributed by atoms with Gasteiger partial charge >= 0.3 is 0 Å². The van der Waals surface area contributed by atoms with Crippen LogP contribution in [0.3, 0.4) is 0 Å². The number of aromatic nitrogens is 1. The van der Waals surface area contributed by atoms with Crippen LogP contribution in [0.4, 0.5) is 5.69 Å². The summed E-state index contributed by atoms with van der Waals surface area (Å²) < 4.78 is 0.943. The highest BCUT2D eigenvalue weighted by Crippen LogP contribution is 2.29. The minimum Gasteiger partial charge on any atom is -0.368 e. The van der Waals surface area contributed by atoms with Gasteiger partial charge in [-0.3, -0.25) is 4.79 Å². The van der Waals surface area contributed by atoms with Gasteiger partial charge in [-0.1, -0.05) is 57.9 Å². The molecule has 0 aliphatic carbocycles. The number of hydrogen-bond donors (Lipinski definition) is 0. The van der Waals surface area contributed by atoms with Crippen molar-refractivity contribution in [1.82, 2.24) is 9.88 Å². The van der Waals surface area contributed by atoms with E-state index in [-0.39, 0.29) is 5.91 Å². The zero-order valence-electron chi connectivity index (χ0n) is 18.0. The molecule has 1 aliphatic rings. The van der Waals surface area contributed by atoms with Crippen molar-refractivity contribution in [2.24, 2.45) is 0 Å². The van der Waals surface area contributed by atoms with Crippen LogP contribution in [0.5, 0.6) is 0 Å². The molecule has 2 heterocycles. The highest BCUT2D eigenvalue weighted by Gasteiger charge is 2.24. The summed E-state index contributed by atoms with van der Waals surface area (Å²) in [6.45, 7) is 5.12. The number of rotatable bonds is 3. The van der Waals surface area contributed by atoms with Crippen LogP contribution in [0, 0.1) is 6.92 Å². The first-order valence-corrected chi connectivity index (χ1v) is 11.6. The average Bonchev–Trinajstić information content (AvgIpc) is 2.83. The van der Waals surface area contributed by atoms with E-state index >= 15 is 0 Å². The Balaban J connectivity index is 1.48. The maximum Gasteiger partial charge on any atom is 0.254 e. The molecule has 1 fully saturated rings. The first-order chi connectivity index (χ1) is 15.6. The number of carbonyl (C=O) groups is 1. The van der Waals surface area contributed by atoms with Crippen molar-refractivity contribution in [3.8, 4) is 11.3 Å². The van der Waals surface area contributed by atoms with Crippen molar-refractivity contribution in [2.75, 3.05) is 31.1 Å². The lowest BCUT2D eigenvalue weighted by molar-refractivity contribution is 0.0748. The van der Waals surface area contributed by atoms with Crippen molar-refractivity contribution >= 4 is 38.4 Å². The van der Waals surface area contributed by atoms with Crippen molar-refractivity contribution in [2.45, 2.75) is 6.92 Å². The lowest BCUT2D eigenvalue weighted by Gasteiger charge is -2.36. The number of nitrogens with zero attached hydrogens (tertiary/aromatic N) is 3. The van der Waals surface area contributed by atoms with Crippen LogP contribution < -0.4 is 4.90 Å². The maximum absolute atomic E-state index is 13.7. The topological polar surface area (TPSA) is 36.4 Å². The zero-order valence-corrected chi connectivity index (χ0v) is 19.5. The van der Waals surface area contributed by atoms with Gasteiger partial charge in [-0.25, -0.2) is 4.98 Å². The SMILES string of the molecule is Cc1cccc(-c2cc(C(=O)N3CCN(c4ccccc4)CC3)c3cc(Br)ccc3n2)c1. The largest absolute Gasteiger partial charge is 0.368 e. The summed E-state index contributed by atoms with van der Waals surface area (Å²) in [6, 6.07) is 26.5. The van der Waals surface area contributed by atoms with E-state index in [1.54, 1.807) is 0 Å². The van der Waals surface area contributed by atoms with Gasteiger partial charge < -0.3 is 9.80 Å². The van der Waals surface area contributed by atoms with Crippen molar-refractivity contribution in [3.63, 3.8) is 0 Å². The molecular weight excluding hydrogens is 462 g/mol. The van der Waals surface area contributed by atoms with Gasteiger partial charge in [0.25, 0.3) is 5.91 Å². The van der Waals surface area contributed by atoms with Crippen molar-refractivity contribution < 1.29 is 4.79 Å². The number of fused-ring (bicyclic) bond motifs is 1. The highest BCUT2D eigenvalue weighted by atomic mass is 79.9. The first-order valence-electron chi connectivity index (χ1n) is 10.8. The monoisotopic (exact) mass is 485 g/mol. The minimum atomic E-state index is 0.0668. The van der Waals surface area contributed by atoms with Gasteiger partial charge in [-0.05, 0) is 49.4 Å². The summed E-state index contributed by atoms with van der Waals surface area (Å²) in [5.41, 5.74) is 5.77. The van der Waals surface area contributed by atoms with Gasteiger partial charge in [0, 0.05) is 47.3 Å². The number of amides is 1. The molecule has 4 nitrogen and oxygen atoms in total. The quantitative estimate of drug-likeness (QED) is 0.360. The summed E-state index contributed by atoms with van der Waals surface area (Å²) in [7, 11) is 0. The Morgan fingerprint density at radius 1 is 0.875 bits per heavy atom. The molecule has 32 heavy (non-hydrogen) atoms. The molecule has 5 rings (SSSR count). The Bertz CT molecular complexity index is 1280. The van der Waals surface area contributed by atoms with Crippen LogP contribution in [-0.2, 0) is 0 Å². The van der Waals surface area contributed by atoms with Crippen molar-refractivity contribution in [1.29, 1.82) is 0 Å². The molecule has 1 saturated heterocycles. The Morgan fingerprint density at radius 2 is 1.66 bits per heavy atom. The number of piperazine rings is 1. The fraction of sp³-hybridized carbons (Fsp3) is 0.185. The molecule has 1 aromatic heterocycles. The fourth-order valence-corrected chi connectivity index (χ4v) is 4.67. The van der Waals surface area contributed by atoms with E-state index in [0.29, 0.717) is 18.7 Å². The smallest absolute Gasteiger partial charge is 0.254 e. The molecule has 1 amide bonds. The Labute approximate surface area is 196 Å². The van der Waals surface area contributed by atoms with Gasteiger partial charge in [0.1, 0.15) is 0 Å². The Morgan fingerprint density at radius 3 is 2.41 bits per heavy atom. The van der Waals surface area contributed by atoms with Crippen molar-refractivity contribution in [3.05, 3.63) is 94.5 Å². The normalized spacial score (nSPS) is 14.1. The van der Waals surface area contributed by atoms with E-state index in [2.05, 4.69) is 64.2 Å². The van der Waals surface area contributed by atoms with Gasteiger partial charge in [-0.2, -0.15) is 0 Å². The number of para-hydroxylation sites is 1. The van der Waals surface area contributed by atoms with Crippen LogP contribution in [0.15, 0.2) is 83.3 Å². The second-order valence-corrected chi connectivity index (χ2v) is 9.12. The van der Waals surface area contributed by atoms with Crippen LogP contribution >= 0.6 is 15.9 Å². The third-order valence-corrected chi connectivity index (χ3v) is 6.50. The van der Waals surface area contributed by atoms with Gasteiger partial charge in [-0.15, -0.1) is 0 Å². The lowest BCUT2D eigenvalue weighted by atomic mass is 10.0. The molecule has 0 spiro atoms. The van der Waals surface area contributed by atoms with E-state index in [1.165, 1.54) is 11.3 Å². The van der Waals surface area contributed by atoms with E-state index in [4.69, 9.17) is 4.98 Å². The zero-order chi connectivity index (χ0) is 22.1. The Hall–Kier alpha value is -3.18. The highest BCUT2D eigenvalue weighted by molar-refractivity contribution is 9.10. The molecule has 3 aromatic carbocycles. The third-order valence-electron chi connectivity index (χ3n) is 6.00. The second-order valence-electron chi connectivity index (χ2n) is 8.20. The van der Waals surface area contributed by atoms with Crippen LogP contribution in [-0.4, -0.2) is 42.0 Å². The minimum absolute atomic E-state index is 0.0668. The number of halogens is 1. The summed E-state index contributed by atoms with van der Waals surface area (Å²) in [5, 5.41) is 0.881. The predicted octanol–water partition coefficient (Wildman–Crippen LogP) is 5.94. The average molecular weight is 486 g/mol. The molecular formula is C27H24BrN3O. The van der Waals surface area contributed by atoms with Gasteiger partial charge in [0.05, 0.1) is 16.8 Å². The molecule has 4 aromatic rings. The van der Waals surface area contributed by atoms with E-state index in [1.807, 2.05) is 47.4 Å². The molecule has 160 valence electrons. The molecule has 0 radical (unpaired) electrons. The number of anilines is 1. The summed E-state index contributed by atoms with van der Waals surface area (Å²) in [5.74, 6) is 0.0668. The number of hydrogen-bond acceptors (Lipinski definition) is 3. The number of pyridine rings is 1. The van der Waals surface area contributed by atoms with Crippen LogP contribution in [0.1, 0.15) is 15.9 Å². The lowest BCUT2D eigenvalue weighted by Crippen LogP contribution is -2.48. The Kier molecular flexibility index (Phi) is 5.66. The molecule has 0 bridgehead atoms. The summed E-state index contributed by atoms with van der Waals surface area (Å²) in [6.07, 6.45) is 0. The number of benzene rings is 3. The first kappa shape index (κ1) is 20.7. The molecule has 5 heteroatoms. The molecule has 0 N–H and O–H groups in total. The molecule has 0 atom stereocenters. The fourth-order valence-electron chi connectivity index (χ4n) is 4.30. The van der Waals surface area contributed by atoms with Gasteiger partial charge in [0.2, 0.25) is 0 Å². The predicted molar refractivity (Wildman–Crippen MR) is 134 cm³/mol. The molecule has 0 unspecified atom stereocenters. The third kappa shape index (κ3) is 4.13. The summed E-state index contributed by atoms with van der Waals surface area (Å²) in [4.78, 5) is 22.9. The van der Waals surface area contributed by atoms with Gasteiger partial charge in [0.15, 0.2) is 0 Å². The van der Waals surface area contributed by atoms with Crippen LogP contribution in [0.2, 0.25) is 0 Å². The second kappa shape index (κ2) is 8.75. The molecule has 0 saturated carbocycles. The number of carbonyl (C=O) groups excluding carboxylic acids is 1. The van der Waals surface area contributed by atoms with E-state index in [0.717, 1.165) is 39.7 Å². The molecule has 1 aliphatic heterocycles. The maximum atomic E-state index is 13.7. The van der Waals surface area contributed by atoms with E-state index in [9.17, 15) is 4.79 Å². The number of aryl methyl sites for hydroxylation is 1. The summed E-state index contributed by atoms with van der Waals surface area (Å²) >= 11 is 3.56. The standard InChI is InChI=1S/C27H24BrN3O/c1-19-6-5-7-20(16-19)26-18-24(23-17-21(28)10-11-25(23)29-26)27(32)31-14-12-30(13-15-31)22-8-3-2-4-9-22/h2-11,16-18H,12-15H2,1H3.